The number of hydrogen-bond acceptors (Lipinski definition) is 5. The molecule has 0 radical (unpaired) electrons. The normalized spacial score (nSPS) is 18.1. The van der Waals surface area contributed by atoms with E-state index in [0.29, 0.717) is 12.3 Å². The molecule has 0 spiro atoms. The van der Waals surface area contributed by atoms with Crippen molar-refractivity contribution in [1.82, 2.24) is 4.90 Å². The van der Waals surface area contributed by atoms with Gasteiger partial charge in [0.05, 0.1) is 29.3 Å². The third-order valence-electron chi connectivity index (χ3n) is 5.01. The molecule has 0 aromatic heterocycles. The van der Waals surface area contributed by atoms with Crippen molar-refractivity contribution in [2.24, 2.45) is 0 Å². The first-order valence-corrected chi connectivity index (χ1v) is 9.20. The van der Waals surface area contributed by atoms with Crippen molar-refractivity contribution in [3.8, 4) is 0 Å². The highest BCUT2D eigenvalue weighted by atomic mass is 16.5. The van der Waals surface area contributed by atoms with Crippen molar-refractivity contribution in [3.63, 3.8) is 0 Å². The monoisotopic (exact) mass is 394 g/mol. The van der Waals surface area contributed by atoms with Crippen LogP contribution in [0.2, 0.25) is 0 Å². The molecule has 29 heavy (non-hydrogen) atoms. The van der Waals surface area contributed by atoms with Crippen LogP contribution in [0.3, 0.4) is 0 Å². The number of anilines is 1. The van der Waals surface area contributed by atoms with Gasteiger partial charge in [-0.25, -0.2) is 4.79 Å². The van der Waals surface area contributed by atoms with Crippen molar-refractivity contribution >= 4 is 29.4 Å². The second kappa shape index (κ2) is 7.48. The van der Waals surface area contributed by atoms with Gasteiger partial charge in [0.25, 0.3) is 17.7 Å². The number of nitrogens with zero attached hydrogens (tertiary/aromatic N) is 1. The van der Waals surface area contributed by atoms with Gasteiger partial charge in [0.15, 0.2) is 0 Å². The molecule has 2 N–H and O–H groups in total. The average molecular weight is 394 g/mol. The highest BCUT2D eigenvalue weighted by molar-refractivity contribution is 6.22. The molecule has 2 heterocycles. The predicted molar refractivity (Wildman–Crippen MR) is 102 cm³/mol. The number of carboxylic acid groups (broad SMARTS) is 1. The van der Waals surface area contributed by atoms with Gasteiger partial charge in [-0.15, -0.1) is 0 Å². The van der Waals surface area contributed by atoms with E-state index in [1.165, 1.54) is 41.3 Å². The summed E-state index contributed by atoms with van der Waals surface area (Å²) >= 11 is 0. The van der Waals surface area contributed by atoms with E-state index in [1.54, 1.807) is 6.07 Å². The topological polar surface area (TPSA) is 113 Å². The minimum atomic E-state index is -1.10. The molecule has 2 aliphatic heterocycles. The third kappa shape index (κ3) is 3.62. The van der Waals surface area contributed by atoms with Crippen molar-refractivity contribution in [1.29, 1.82) is 0 Å². The molecule has 1 atom stereocenters. The number of amides is 3. The maximum Gasteiger partial charge on any atom is 0.335 e. The lowest BCUT2D eigenvalue weighted by Crippen LogP contribution is -2.36. The fourth-order valence-corrected chi connectivity index (χ4v) is 3.52. The van der Waals surface area contributed by atoms with Gasteiger partial charge < -0.3 is 15.2 Å². The number of fused-ring (bicyclic) bond motifs is 1. The maximum absolute atomic E-state index is 12.7. The van der Waals surface area contributed by atoms with Gasteiger partial charge >= 0.3 is 5.97 Å². The summed E-state index contributed by atoms with van der Waals surface area (Å²) in [7, 11) is 0. The number of carbonyl (C=O) groups is 4. The zero-order chi connectivity index (χ0) is 20.5. The van der Waals surface area contributed by atoms with E-state index in [9.17, 15) is 19.2 Å². The van der Waals surface area contributed by atoms with Crippen molar-refractivity contribution < 1.29 is 29.0 Å². The highest BCUT2D eigenvalue weighted by Crippen LogP contribution is 2.26. The zero-order valence-electron chi connectivity index (χ0n) is 15.4. The Hall–Kier alpha value is -3.52. The Bertz CT molecular complexity index is 1030. The van der Waals surface area contributed by atoms with E-state index in [2.05, 4.69) is 5.32 Å². The number of carbonyl (C=O) groups excluding carboxylic acids is 3. The molecular formula is C21H18N2O6. The van der Waals surface area contributed by atoms with E-state index in [0.717, 1.165) is 12.8 Å². The Morgan fingerprint density at radius 3 is 2.59 bits per heavy atom. The molecule has 2 aliphatic rings. The van der Waals surface area contributed by atoms with Crippen LogP contribution in [-0.2, 0) is 4.74 Å². The second-order valence-electron chi connectivity index (χ2n) is 6.96. The highest BCUT2D eigenvalue weighted by Gasteiger charge is 2.37. The summed E-state index contributed by atoms with van der Waals surface area (Å²) < 4.78 is 5.51. The molecule has 1 saturated heterocycles. The molecule has 4 rings (SSSR count). The van der Waals surface area contributed by atoms with Crippen LogP contribution in [0.25, 0.3) is 0 Å². The minimum absolute atomic E-state index is 0.0438. The molecule has 0 bridgehead atoms. The predicted octanol–water partition coefficient (Wildman–Crippen LogP) is 2.41. The summed E-state index contributed by atoms with van der Waals surface area (Å²) in [5, 5.41) is 11.7. The lowest BCUT2D eigenvalue weighted by molar-refractivity contribution is 0.0475. The Labute approximate surface area is 166 Å². The van der Waals surface area contributed by atoms with Crippen LogP contribution in [0.5, 0.6) is 0 Å². The van der Waals surface area contributed by atoms with Gasteiger partial charge in [-0.1, -0.05) is 6.07 Å². The van der Waals surface area contributed by atoms with Crippen LogP contribution in [0.1, 0.15) is 54.3 Å². The van der Waals surface area contributed by atoms with E-state index >= 15 is 0 Å². The van der Waals surface area contributed by atoms with Gasteiger partial charge in [0, 0.05) is 17.9 Å². The summed E-state index contributed by atoms with van der Waals surface area (Å²) in [6.07, 6.45) is 1.55. The molecule has 0 unspecified atom stereocenters. The summed E-state index contributed by atoms with van der Waals surface area (Å²) in [6.45, 7) is 0.830. The van der Waals surface area contributed by atoms with Crippen LogP contribution in [0.15, 0.2) is 42.5 Å². The van der Waals surface area contributed by atoms with Crippen LogP contribution in [0.4, 0.5) is 5.69 Å². The zero-order valence-corrected chi connectivity index (χ0v) is 15.4. The number of rotatable bonds is 5. The molecule has 2 aromatic carbocycles. The Morgan fingerprint density at radius 1 is 1.07 bits per heavy atom. The van der Waals surface area contributed by atoms with E-state index in [1.807, 2.05) is 0 Å². The Balaban J connectivity index is 1.53. The van der Waals surface area contributed by atoms with E-state index < -0.39 is 17.8 Å². The lowest BCUT2D eigenvalue weighted by atomic mass is 10.1. The molecule has 2 aromatic rings. The van der Waals surface area contributed by atoms with Gasteiger partial charge in [0.2, 0.25) is 0 Å². The summed E-state index contributed by atoms with van der Waals surface area (Å²) in [6, 6.07) is 10.2. The van der Waals surface area contributed by atoms with Crippen LogP contribution in [0, 0.1) is 0 Å². The summed E-state index contributed by atoms with van der Waals surface area (Å²) in [4.78, 5) is 50.0. The molecule has 148 valence electrons. The van der Waals surface area contributed by atoms with E-state index in [4.69, 9.17) is 9.84 Å². The van der Waals surface area contributed by atoms with Crippen LogP contribution >= 0.6 is 0 Å². The minimum Gasteiger partial charge on any atom is -0.478 e. The molecule has 0 aliphatic carbocycles. The molecule has 8 heteroatoms. The average Bonchev–Trinajstić information content (AvgIpc) is 3.31. The maximum atomic E-state index is 12.7. The number of hydrogen-bond donors (Lipinski definition) is 2. The summed E-state index contributed by atoms with van der Waals surface area (Å²) in [5.41, 5.74) is 1.00. The Morgan fingerprint density at radius 2 is 1.86 bits per heavy atom. The lowest BCUT2D eigenvalue weighted by Gasteiger charge is -2.17. The number of nitrogens with one attached hydrogen (secondary N) is 1. The number of carboxylic acids is 1. The molecule has 0 saturated carbocycles. The standard InChI is InChI=1S/C21H18N2O6/c24-18(22-14-4-1-3-13(9-14)21(27)28)12-6-7-16-17(10-12)20(26)23(19(16)25)11-15-5-2-8-29-15/h1,3-4,6-7,9-10,15H,2,5,8,11H2,(H,22,24)(H,27,28)/t15-/m1/s1. The van der Waals surface area contributed by atoms with Crippen LogP contribution < -0.4 is 5.32 Å². The number of imide groups is 1. The first-order chi connectivity index (χ1) is 13.9. The third-order valence-corrected chi connectivity index (χ3v) is 5.01. The van der Waals surface area contributed by atoms with Crippen molar-refractivity contribution in [2.75, 3.05) is 18.5 Å². The molecular weight excluding hydrogens is 376 g/mol. The fraction of sp³-hybridized carbons (Fsp3) is 0.238. The van der Waals surface area contributed by atoms with Gasteiger partial charge in [-0.2, -0.15) is 0 Å². The molecule has 8 nitrogen and oxygen atoms in total. The quantitative estimate of drug-likeness (QED) is 0.753. The smallest absolute Gasteiger partial charge is 0.335 e. The molecule has 1 fully saturated rings. The van der Waals surface area contributed by atoms with E-state index in [-0.39, 0.29) is 40.8 Å². The first-order valence-electron chi connectivity index (χ1n) is 9.20. The summed E-state index contributed by atoms with van der Waals surface area (Å²) in [5.74, 6) is -2.44. The van der Waals surface area contributed by atoms with Crippen molar-refractivity contribution in [2.45, 2.75) is 18.9 Å². The van der Waals surface area contributed by atoms with Crippen molar-refractivity contribution in [3.05, 3.63) is 64.7 Å². The van der Waals surface area contributed by atoms with Crippen LogP contribution in [-0.4, -0.2) is 53.0 Å². The number of aromatic carboxylic acids is 1. The number of benzene rings is 2. The molecule has 3 amide bonds. The van der Waals surface area contributed by atoms with Gasteiger partial charge in [0.1, 0.15) is 0 Å². The first kappa shape index (κ1) is 18.8. The Kier molecular flexibility index (Phi) is 4.85. The largest absolute Gasteiger partial charge is 0.478 e. The fourth-order valence-electron chi connectivity index (χ4n) is 3.52. The van der Waals surface area contributed by atoms with Gasteiger partial charge in [-0.3, -0.25) is 19.3 Å². The van der Waals surface area contributed by atoms with Gasteiger partial charge in [-0.05, 0) is 49.2 Å². The number of ether oxygens (including phenoxy) is 1. The SMILES string of the molecule is O=C(O)c1cccc(NC(=O)c2ccc3c(c2)C(=O)N(C[C@H]2CCCO2)C3=O)c1. The second-order valence-corrected chi connectivity index (χ2v) is 6.96.